The van der Waals surface area contributed by atoms with E-state index in [1.165, 1.54) is 0 Å². The molecule has 6 atom stereocenters. The summed E-state index contributed by atoms with van der Waals surface area (Å²) in [6, 6.07) is -0.932. The molecule has 3 aliphatic heterocycles. The summed E-state index contributed by atoms with van der Waals surface area (Å²) in [6.45, 7) is 8.87. The van der Waals surface area contributed by atoms with Gasteiger partial charge >= 0.3 is 0 Å². The number of piperazine rings is 1. The van der Waals surface area contributed by atoms with Gasteiger partial charge in [-0.2, -0.15) is 0 Å². The standard InChI is InChI=1S/C24H43ClFN7O/c1-4-6-7-16(25)13-29-19-12-17(5-2)30-23(27)21(19)24(34)31-20-15-28-14-18(26)22(20)33-10-8-32(3)9-11-33/h7,12,18-23,28-30H,4-6,8-11,13-15,27H2,1-3H3,(H,31,34)/b16-7+. The van der Waals surface area contributed by atoms with Crippen LogP contribution in [0.4, 0.5) is 4.39 Å². The Balaban J connectivity index is 1.71. The number of nitrogens with zero attached hydrogens (tertiary/aromatic N) is 2. The summed E-state index contributed by atoms with van der Waals surface area (Å²) >= 11 is 6.37. The second-order valence-corrected chi connectivity index (χ2v) is 10.2. The van der Waals surface area contributed by atoms with Gasteiger partial charge in [0, 0.05) is 62.6 Å². The lowest BCUT2D eigenvalue weighted by Crippen LogP contribution is -2.69. The Labute approximate surface area is 208 Å². The van der Waals surface area contributed by atoms with Crippen molar-refractivity contribution in [2.75, 3.05) is 52.9 Å². The van der Waals surface area contributed by atoms with Crippen molar-refractivity contribution in [2.24, 2.45) is 11.7 Å². The molecule has 34 heavy (non-hydrogen) atoms. The molecule has 3 rings (SSSR count). The van der Waals surface area contributed by atoms with Crippen LogP contribution in [0.5, 0.6) is 0 Å². The smallest absolute Gasteiger partial charge is 0.228 e. The molecule has 6 unspecified atom stereocenters. The molecule has 0 bridgehead atoms. The van der Waals surface area contributed by atoms with Gasteiger partial charge in [-0.3, -0.25) is 9.69 Å². The monoisotopic (exact) mass is 499 g/mol. The average molecular weight is 500 g/mol. The number of likely N-dealkylation sites (N-methyl/N-ethyl adjacent to an activating group) is 1. The van der Waals surface area contributed by atoms with Crippen LogP contribution in [0.15, 0.2) is 22.9 Å². The molecule has 0 aromatic rings. The van der Waals surface area contributed by atoms with Crippen LogP contribution in [-0.2, 0) is 4.79 Å². The van der Waals surface area contributed by atoms with Crippen molar-refractivity contribution >= 4 is 17.5 Å². The van der Waals surface area contributed by atoms with Gasteiger partial charge in [0.1, 0.15) is 6.17 Å². The molecule has 194 valence electrons. The van der Waals surface area contributed by atoms with Crippen LogP contribution in [0.2, 0.25) is 0 Å². The molecule has 3 aliphatic rings. The lowest BCUT2D eigenvalue weighted by Gasteiger charge is -2.46. The molecule has 2 saturated heterocycles. The molecule has 0 saturated carbocycles. The van der Waals surface area contributed by atoms with Crippen molar-refractivity contribution in [3.8, 4) is 0 Å². The molecular weight excluding hydrogens is 457 g/mol. The molecule has 2 fully saturated rings. The van der Waals surface area contributed by atoms with Crippen molar-refractivity contribution in [1.29, 1.82) is 0 Å². The quantitative estimate of drug-likeness (QED) is 0.319. The van der Waals surface area contributed by atoms with Gasteiger partial charge in [0.15, 0.2) is 0 Å². The Morgan fingerprint density at radius 2 is 2.03 bits per heavy atom. The highest BCUT2D eigenvalue weighted by Crippen LogP contribution is 2.22. The second-order valence-electron chi connectivity index (χ2n) is 9.71. The molecule has 0 radical (unpaired) electrons. The average Bonchev–Trinajstić information content (AvgIpc) is 2.81. The van der Waals surface area contributed by atoms with Crippen molar-refractivity contribution in [1.82, 2.24) is 31.1 Å². The first kappa shape index (κ1) is 27.4. The Bertz CT molecular complexity index is 728. The lowest BCUT2D eigenvalue weighted by molar-refractivity contribution is -0.128. The van der Waals surface area contributed by atoms with E-state index >= 15 is 4.39 Å². The number of amides is 1. The highest BCUT2D eigenvalue weighted by molar-refractivity contribution is 6.29. The first-order chi connectivity index (χ1) is 16.3. The number of hydrogen-bond donors (Lipinski definition) is 5. The second kappa shape index (κ2) is 13.2. The van der Waals surface area contributed by atoms with Crippen LogP contribution in [0, 0.1) is 5.92 Å². The summed E-state index contributed by atoms with van der Waals surface area (Å²) < 4.78 is 15.1. The first-order valence-corrected chi connectivity index (χ1v) is 13.1. The maximum Gasteiger partial charge on any atom is 0.228 e. The summed E-state index contributed by atoms with van der Waals surface area (Å²) in [5, 5.41) is 13.7. The Hall–Kier alpha value is -1.23. The van der Waals surface area contributed by atoms with E-state index in [1.807, 2.05) is 19.1 Å². The molecule has 0 aromatic heterocycles. The minimum Gasteiger partial charge on any atom is -0.373 e. The number of allylic oxidation sites excluding steroid dienone is 2. The molecule has 10 heteroatoms. The summed E-state index contributed by atoms with van der Waals surface area (Å²) in [6.07, 6.45) is 5.19. The molecular formula is C24H43ClFN7O. The number of carbonyl (C=O) groups is 1. The number of unbranched alkanes of at least 4 members (excludes halogenated alkanes) is 1. The Morgan fingerprint density at radius 1 is 1.29 bits per heavy atom. The minimum absolute atomic E-state index is 0.169. The third-order valence-corrected chi connectivity index (χ3v) is 7.41. The predicted molar refractivity (Wildman–Crippen MR) is 136 cm³/mol. The number of alkyl halides is 1. The van der Waals surface area contributed by atoms with E-state index in [0.29, 0.717) is 19.6 Å². The first-order valence-electron chi connectivity index (χ1n) is 12.7. The zero-order valence-corrected chi connectivity index (χ0v) is 21.6. The predicted octanol–water partition coefficient (Wildman–Crippen LogP) is 0.708. The maximum atomic E-state index is 15.1. The Morgan fingerprint density at radius 3 is 2.71 bits per heavy atom. The van der Waals surface area contributed by atoms with Crippen molar-refractivity contribution < 1.29 is 9.18 Å². The van der Waals surface area contributed by atoms with Gasteiger partial charge in [0.2, 0.25) is 5.91 Å². The largest absolute Gasteiger partial charge is 0.373 e. The third-order valence-electron chi connectivity index (χ3n) is 7.12. The van der Waals surface area contributed by atoms with Gasteiger partial charge in [0.05, 0.1) is 24.2 Å². The van der Waals surface area contributed by atoms with Crippen LogP contribution < -0.4 is 27.0 Å². The van der Waals surface area contributed by atoms with Crippen molar-refractivity contribution in [3.63, 3.8) is 0 Å². The van der Waals surface area contributed by atoms with E-state index in [4.69, 9.17) is 17.3 Å². The normalized spacial score (nSPS) is 33.8. The fourth-order valence-electron chi connectivity index (χ4n) is 5.11. The van der Waals surface area contributed by atoms with Gasteiger partial charge in [-0.15, -0.1) is 0 Å². The highest BCUT2D eigenvalue weighted by Gasteiger charge is 2.42. The highest BCUT2D eigenvalue weighted by atomic mass is 35.5. The molecule has 0 aromatic carbocycles. The molecule has 1 amide bonds. The number of carbonyl (C=O) groups excluding carboxylic acids is 1. The van der Waals surface area contributed by atoms with Gasteiger partial charge in [-0.05, 0) is 26.0 Å². The molecule has 6 N–H and O–H groups in total. The van der Waals surface area contributed by atoms with E-state index < -0.39 is 18.3 Å². The number of nitrogens with one attached hydrogen (secondary N) is 4. The SMILES string of the molecule is CCC/C=C(/Cl)CNC1C=C(CC)NC(N)C1C(=O)NC1CNCC(F)C1N1CCN(C)CC1. The van der Waals surface area contributed by atoms with E-state index in [-0.39, 0.29) is 24.0 Å². The number of piperidine rings is 1. The number of halogens is 2. The van der Waals surface area contributed by atoms with E-state index in [0.717, 1.165) is 56.2 Å². The number of nitrogens with two attached hydrogens (primary N) is 1. The van der Waals surface area contributed by atoms with Gasteiger partial charge < -0.3 is 31.9 Å². The van der Waals surface area contributed by atoms with Crippen LogP contribution >= 0.6 is 11.6 Å². The Kier molecular flexibility index (Phi) is 10.6. The summed E-state index contributed by atoms with van der Waals surface area (Å²) in [7, 11) is 2.08. The molecule has 3 heterocycles. The van der Waals surface area contributed by atoms with Gasteiger partial charge in [-0.1, -0.05) is 37.9 Å². The number of hydrogen-bond acceptors (Lipinski definition) is 7. The molecule has 8 nitrogen and oxygen atoms in total. The lowest BCUT2D eigenvalue weighted by atomic mass is 9.89. The number of rotatable bonds is 9. The minimum atomic E-state index is -1.04. The van der Waals surface area contributed by atoms with E-state index in [2.05, 4.69) is 45.0 Å². The summed E-state index contributed by atoms with van der Waals surface area (Å²) in [5.41, 5.74) is 7.44. The fourth-order valence-corrected chi connectivity index (χ4v) is 5.29. The zero-order chi connectivity index (χ0) is 24.7. The third kappa shape index (κ3) is 7.15. The molecule has 0 spiro atoms. The van der Waals surface area contributed by atoms with Gasteiger partial charge in [-0.25, -0.2) is 4.39 Å². The summed E-state index contributed by atoms with van der Waals surface area (Å²) in [5.74, 6) is -0.711. The van der Waals surface area contributed by atoms with Crippen LogP contribution in [0.25, 0.3) is 0 Å². The maximum absolute atomic E-state index is 15.1. The molecule has 0 aliphatic carbocycles. The van der Waals surface area contributed by atoms with Crippen LogP contribution in [-0.4, -0.2) is 99.0 Å². The van der Waals surface area contributed by atoms with Crippen molar-refractivity contribution in [3.05, 3.63) is 22.9 Å². The van der Waals surface area contributed by atoms with E-state index in [1.54, 1.807) is 0 Å². The van der Waals surface area contributed by atoms with Crippen LogP contribution in [0.3, 0.4) is 0 Å². The van der Waals surface area contributed by atoms with Crippen molar-refractivity contribution in [2.45, 2.75) is 63.6 Å². The van der Waals surface area contributed by atoms with E-state index in [9.17, 15) is 4.79 Å². The zero-order valence-electron chi connectivity index (χ0n) is 20.8. The topological polar surface area (TPSA) is 97.7 Å². The van der Waals surface area contributed by atoms with Gasteiger partial charge in [0.25, 0.3) is 0 Å². The summed E-state index contributed by atoms with van der Waals surface area (Å²) in [4.78, 5) is 18.0. The fraction of sp³-hybridized carbons (Fsp3) is 0.792. The van der Waals surface area contributed by atoms with Crippen LogP contribution in [0.1, 0.15) is 33.1 Å².